The summed E-state index contributed by atoms with van der Waals surface area (Å²) in [5, 5.41) is 39.7. The van der Waals surface area contributed by atoms with Gasteiger partial charge in [-0.3, -0.25) is 4.79 Å². The van der Waals surface area contributed by atoms with Crippen LogP contribution in [0.2, 0.25) is 0 Å². The molecule has 0 aliphatic carbocycles. The van der Waals surface area contributed by atoms with Crippen molar-refractivity contribution in [2.75, 3.05) is 26.4 Å². The average molecular weight is 661 g/mol. The van der Waals surface area contributed by atoms with E-state index in [1.54, 1.807) is 0 Å². The van der Waals surface area contributed by atoms with E-state index in [1.807, 2.05) is 0 Å². The van der Waals surface area contributed by atoms with E-state index < -0.39 is 43.4 Å². The fourth-order valence-electron chi connectivity index (χ4n) is 5.96. The number of aliphatic hydroxyl groups excluding tert-OH is 4. The Hall–Kier alpha value is -0.810. The molecule has 6 atom stereocenters. The minimum Gasteiger partial charge on any atom is -0.457 e. The number of rotatable bonds is 32. The predicted molar refractivity (Wildman–Crippen MR) is 183 cm³/mol. The summed E-state index contributed by atoms with van der Waals surface area (Å²) in [6, 6.07) is 0. The molecule has 0 aromatic carbocycles. The van der Waals surface area contributed by atoms with Gasteiger partial charge in [-0.25, -0.2) is 0 Å². The van der Waals surface area contributed by atoms with E-state index in [-0.39, 0.29) is 19.2 Å². The Bertz CT molecular complexity index is 677. The second-order valence-electron chi connectivity index (χ2n) is 13.4. The summed E-state index contributed by atoms with van der Waals surface area (Å²) in [5.41, 5.74) is 0. The molecule has 1 fully saturated rings. The van der Waals surface area contributed by atoms with Crippen LogP contribution >= 0.6 is 0 Å². The quantitative estimate of drug-likeness (QED) is 0.0439. The van der Waals surface area contributed by atoms with Crippen LogP contribution in [0.4, 0.5) is 0 Å². The van der Waals surface area contributed by atoms with E-state index in [1.165, 1.54) is 103 Å². The first-order valence-corrected chi connectivity index (χ1v) is 19.1. The first-order chi connectivity index (χ1) is 22.4. The summed E-state index contributed by atoms with van der Waals surface area (Å²) in [6.07, 6.45) is 21.7. The highest BCUT2D eigenvalue weighted by atomic mass is 16.7. The Kier molecular flexibility index (Phi) is 28.4. The van der Waals surface area contributed by atoms with Crippen molar-refractivity contribution in [1.82, 2.24) is 0 Å². The molecule has 46 heavy (non-hydrogen) atoms. The molecule has 274 valence electrons. The van der Waals surface area contributed by atoms with E-state index in [9.17, 15) is 25.2 Å². The van der Waals surface area contributed by atoms with Crippen molar-refractivity contribution >= 4 is 5.97 Å². The molecule has 6 unspecified atom stereocenters. The van der Waals surface area contributed by atoms with Crippen LogP contribution in [0.5, 0.6) is 0 Å². The second-order valence-corrected chi connectivity index (χ2v) is 13.4. The molecule has 1 aliphatic heterocycles. The highest BCUT2D eigenvalue weighted by molar-refractivity contribution is 5.69. The fourth-order valence-corrected chi connectivity index (χ4v) is 5.96. The van der Waals surface area contributed by atoms with Gasteiger partial charge in [0.05, 0.1) is 19.8 Å². The molecule has 9 nitrogen and oxygen atoms in total. The van der Waals surface area contributed by atoms with Gasteiger partial charge >= 0.3 is 5.97 Å². The Labute approximate surface area is 281 Å². The first-order valence-electron chi connectivity index (χ1n) is 19.1. The lowest BCUT2D eigenvalue weighted by molar-refractivity contribution is -0.305. The molecular formula is C37H72O9. The van der Waals surface area contributed by atoms with Crippen LogP contribution in [-0.2, 0) is 23.7 Å². The zero-order valence-electron chi connectivity index (χ0n) is 29.6. The van der Waals surface area contributed by atoms with Gasteiger partial charge in [-0.05, 0) is 12.8 Å². The number of hydrogen-bond donors (Lipinski definition) is 4. The molecule has 0 radical (unpaired) electrons. The maximum absolute atomic E-state index is 12.5. The van der Waals surface area contributed by atoms with Crippen LogP contribution in [0.1, 0.15) is 168 Å². The van der Waals surface area contributed by atoms with E-state index in [4.69, 9.17) is 18.9 Å². The standard InChI is InChI=1S/C37H72O9/c1-3-5-7-9-10-11-12-13-14-15-16-17-18-19-20-21-23-25-27-43-29-31(45-33(39)26-24-22-8-6-4-2)30-44-37-36(42)35(41)34(40)32(28-38)46-37/h31-32,34-38,40-42H,3-30H2,1-2H3. The third kappa shape index (κ3) is 21.9. The average Bonchev–Trinajstić information content (AvgIpc) is 3.05. The van der Waals surface area contributed by atoms with Crippen LogP contribution in [0, 0.1) is 0 Å². The number of unbranched alkanes of at least 4 members (excludes halogenated alkanes) is 21. The van der Waals surface area contributed by atoms with Gasteiger partial charge in [0.2, 0.25) is 0 Å². The molecule has 1 heterocycles. The summed E-state index contributed by atoms with van der Waals surface area (Å²) in [5.74, 6) is -0.323. The molecule has 0 spiro atoms. The molecule has 0 saturated carbocycles. The maximum atomic E-state index is 12.5. The number of carbonyl (C=O) groups is 1. The normalized spacial score (nSPS) is 22.3. The summed E-state index contributed by atoms with van der Waals surface area (Å²) in [6.45, 7) is 4.49. The van der Waals surface area contributed by atoms with Crippen molar-refractivity contribution in [2.45, 2.75) is 205 Å². The predicted octanol–water partition coefficient (Wildman–Crippen LogP) is 7.13. The fraction of sp³-hybridized carbons (Fsp3) is 0.973. The van der Waals surface area contributed by atoms with Gasteiger partial charge in [-0.15, -0.1) is 0 Å². The van der Waals surface area contributed by atoms with Gasteiger partial charge in [0, 0.05) is 13.0 Å². The molecule has 4 N–H and O–H groups in total. The smallest absolute Gasteiger partial charge is 0.306 e. The Morgan fingerprint density at radius 2 is 1.07 bits per heavy atom. The molecule has 0 aromatic heterocycles. The van der Waals surface area contributed by atoms with Gasteiger partial charge in [0.25, 0.3) is 0 Å². The monoisotopic (exact) mass is 661 g/mol. The van der Waals surface area contributed by atoms with Crippen molar-refractivity contribution in [3.8, 4) is 0 Å². The van der Waals surface area contributed by atoms with Gasteiger partial charge in [-0.1, -0.05) is 149 Å². The number of ether oxygens (including phenoxy) is 4. The van der Waals surface area contributed by atoms with Crippen molar-refractivity contribution in [3.05, 3.63) is 0 Å². The lowest BCUT2D eigenvalue weighted by atomic mass is 9.99. The molecule has 0 bridgehead atoms. The largest absolute Gasteiger partial charge is 0.457 e. The SMILES string of the molecule is CCCCCCCCCCCCCCCCCCCCOCC(COC1OC(CO)C(O)C(O)C1O)OC(=O)CCCCCCC. The van der Waals surface area contributed by atoms with E-state index >= 15 is 0 Å². The third-order valence-corrected chi connectivity index (χ3v) is 9.02. The van der Waals surface area contributed by atoms with Gasteiger partial charge in [-0.2, -0.15) is 0 Å². The van der Waals surface area contributed by atoms with Gasteiger partial charge in [0.15, 0.2) is 6.29 Å². The van der Waals surface area contributed by atoms with Crippen molar-refractivity contribution in [2.24, 2.45) is 0 Å². The van der Waals surface area contributed by atoms with E-state index in [2.05, 4.69) is 13.8 Å². The summed E-state index contributed by atoms with van der Waals surface area (Å²) >= 11 is 0. The van der Waals surface area contributed by atoms with Crippen molar-refractivity contribution in [1.29, 1.82) is 0 Å². The lowest BCUT2D eigenvalue weighted by Gasteiger charge is -2.39. The van der Waals surface area contributed by atoms with Crippen LogP contribution in [0.25, 0.3) is 0 Å². The highest BCUT2D eigenvalue weighted by Gasteiger charge is 2.44. The summed E-state index contributed by atoms with van der Waals surface area (Å²) < 4.78 is 22.5. The van der Waals surface area contributed by atoms with Gasteiger partial charge in [0.1, 0.15) is 30.5 Å². The number of hydrogen-bond acceptors (Lipinski definition) is 9. The van der Waals surface area contributed by atoms with Crippen LogP contribution in [-0.4, -0.2) is 89.6 Å². The molecule has 0 amide bonds. The molecule has 9 heteroatoms. The molecule has 0 aromatic rings. The van der Waals surface area contributed by atoms with Crippen LogP contribution in [0.3, 0.4) is 0 Å². The second kappa shape index (κ2) is 30.3. The van der Waals surface area contributed by atoms with E-state index in [0.717, 1.165) is 44.9 Å². The number of esters is 1. The topological polar surface area (TPSA) is 135 Å². The summed E-state index contributed by atoms with van der Waals surface area (Å²) in [4.78, 5) is 12.5. The number of aliphatic hydroxyl groups is 4. The van der Waals surface area contributed by atoms with E-state index in [0.29, 0.717) is 13.0 Å². The van der Waals surface area contributed by atoms with Gasteiger partial charge < -0.3 is 39.4 Å². The zero-order valence-corrected chi connectivity index (χ0v) is 29.6. The minimum absolute atomic E-state index is 0.108. The van der Waals surface area contributed by atoms with Crippen LogP contribution < -0.4 is 0 Å². The molecule has 1 saturated heterocycles. The highest BCUT2D eigenvalue weighted by Crippen LogP contribution is 2.22. The molecular weight excluding hydrogens is 588 g/mol. The van der Waals surface area contributed by atoms with Crippen LogP contribution in [0.15, 0.2) is 0 Å². The molecule has 1 aliphatic rings. The zero-order chi connectivity index (χ0) is 33.7. The Morgan fingerprint density at radius 3 is 1.54 bits per heavy atom. The molecule has 1 rings (SSSR count). The number of carbonyl (C=O) groups excluding carboxylic acids is 1. The first kappa shape index (κ1) is 43.2. The lowest BCUT2D eigenvalue weighted by Crippen LogP contribution is -2.59. The Morgan fingerprint density at radius 1 is 0.609 bits per heavy atom. The van der Waals surface area contributed by atoms with Crippen molar-refractivity contribution < 1.29 is 44.2 Å². The Balaban J connectivity index is 2.18. The van der Waals surface area contributed by atoms with Crippen molar-refractivity contribution in [3.63, 3.8) is 0 Å². The maximum Gasteiger partial charge on any atom is 0.306 e. The third-order valence-electron chi connectivity index (χ3n) is 9.02. The summed E-state index contributed by atoms with van der Waals surface area (Å²) in [7, 11) is 0. The minimum atomic E-state index is -1.53.